The van der Waals surface area contributed by atoms with Gasteiger partial charge in [-0.05, 0) is 55.0 Å². The lowest BCUT2D eigenvalue weighted by atomic mass is 9.86. The van der Waals surface area contributed by atoms with Gasteiger partial charge >= 0.3 is 5.97 Å². The number of methoxy groups -OCH3 is 1. The molecule has 1 aliphatic rings. The number of amides is 1. The smallest absolute Gasteiger partial charge is 0.338 e. The molecule has 0 spiro atoms. The molecule has 8 nitrogen and oxygen atoms in total. The summed E-state index contributed by atoms with van der Waals surface area (Å²) in [6.07, 6.45) is 0. The topological polar surface area (TPSA) is 103 Å². The van der Waals surface area contributed by atoms with E-state index >= 15 is 0 Å². The van der Waals surface area contributed by atoms with Crippen LogP contribution < -0.4 is 9.64 Å². The van der Waals surface area contributed by atoms with Crippen molar-refractivity contribution >= 4 is 50.1 Å². The molecule has 1 amide bonds. The van der Waals surface area contributed by atoms with E-state index in [4.69, 9.17) is 9.47 Å². The minimum Gasteiger partial charge on any atom is -0.497 e. The molecule has 0 aliphatic carbocycles. The molecule has 0 N–H and O–H groups in total. The number of esters is 1. The molecular formula is C28H22N2O6S. The van der Waals surface area contributed by atoms with Crippen LogP contribution in [0.25, 0.3) is 10.2 Å². The first kappa shape index (κ1) is 24.3. The minimum absolute atomic E-state index is 0.248. The summed E-state index contributed by atoms with van der Waals surface area (Å²) in [6.45, 7) is 1.97. The van der Waals surface area contributed by atoms with Crippen molar-refractivity contribution in [1.29, 1.82) is 0 Å². The fourth-order valence-corrected chi connectivity index (χ4v) is 5.46. The van der Waals surface area contributed by atoms with E-state index in [1.54, 1.807) is 73.7 Å². The van der Waals surface area contributed by atoms with E-state index in [1.165, 1.54) is 23.3 Å². The van der Waals surface area contributed by atoms with Crippen molar-refractivity contribution in [1.82, 2.24) is 4.98 Å². The molecular weight excluding hydrogens is 492 g/mol. The van der Waals surface area contributed by atoms with Gasteiger partial charge in [-0.2, -0.15) is 0 Å². The molecule has 1 fully saturated rings. The number of thiazole rings is 1. The predicted octanol–water partition coefficient (Wildman–Crippen LogP) is 4.64. The number of anilines is 1. The Kier molecular flexibility index (Phi) is 6.54. The quantitative estimate of drug-likeness (QED) is 0.153. The van der Waals surface area contributed by atoms with E-state index < -0.39 is 35.4 Å². The van der Waals surface area contributed by atoms with Crippen LogP contribution in [0.4, 0.5) is 5.13 Å². The average Bonchev–Trinajstić information content (AvgIpc) is 3.46. The lowest BCUT2D eigenvalue weighted by Crippen LogP contribution is -2.30. The molecule has 9 heteroatoms. The highest BCUT2D eigenvalue weighted by Crippen LogP contribution is 2.43. The Morgan fingerprint density at radius 2 is 1.68 bits per heavy atom. The third kappa shape index (κ3) is 4.38. The average molecular weight is 515 g/mol. The molecule has 186 valence electrons. The maximum absolute atomic E-state index is 13.6. The maximum atomic E-state index is 13.6. The summed E-state index contributed by atoms with van der Waals surface area (Å²) in [7, 11) is 1.52. The number of Topliss-reactive ketones (excluding diaryl/α,β-unsaturated/α-hetero) is 2. The van der Waals surface area contributed by atoms with Crippen LogP contribution in [0.5, 0.6) is 5.75 Å². The van der Waals surface area contributed by atoms with Crippen LogP contribution in [0.3, 0.4) is 0 Å². The molecule has 0 bridgehead atoms. The lowest BCUT2D eigenvalue weighted by Gasteiger charge is -2.25. The first-order valence-corrected chi connectivity index (χ1v) is 12.4. The molecule has 1 aromatic heterocycles. The second-order valence-corrected chi connectivity index (χ2v) is 9.37. The van der Waals surface area contributed by atoms with Crippen LogP contribution in [0.15, 0.2) is 72.8 Å². The van der Waals surface area contributed by atoms with E-state index in [0.29, 0.717) is 32.7 Å². The van der Waals surface area contributed by atoms with Crippen LogP contribution in [0.1, 0.15) is 39.2 Å². The zero-order valence-electron chi connectivity index (χ0n) is 20.0. The molecule has 2 unspecified atom stereocenters. The normalized spacial score (nSPS) is 17.3. The molecule has 5 rings (SSSR count). The number of benzene rings is 3. The van der Waals surface area contributed by atoms with Gasteiger partial charge in [0.15, 0.2) is 10.9 Å². The van der Waals surface area contributed by atoms with Gasteiger partial charge in [0.2, 0.25) is 5.78 Å². The number of rotatable bonds is 7. The molecule has 4 aromatic rings. The van der Waals surface area contributed by atoms with E-state index in [2.05, 4.69) is 4.98 Å². The summed E-state index contributed by atoms with van der Waals surface area (Å²) in [5.41, 5.74) is 1.86. The van der Waals surface area contributed by atoms with Crippen LogP contribution in [-0.2, 0) is 14.3 Å². The number of aromatic nitrogens is 1. The monoisotopic (exact) mass is 514 g/mol. The van der Waals surface area contributed by atoms with Crippen LogP contribution in [0.2, 0.25) is 0 Å². The first-order chi connectivity index (χ1) is 17.9. The second kappa shape index (κ2) is 9.94. The molecule has 1 aliphatic heterocycles. The Morgan fingerprint density at radius 1 is 0.973 bits per heavy atom. The summed E-state index contributed by atoms with van der Waals surface area (Å²) < 4.78 is 10.9. The van der Waals surface area contributed by atoms with Crippen molar-refractivity contribution in [3.05, 3.63) is 89.5 Å². The third-order valence-electron chi connectivity index (χ3n) is 6.20. The summed E-state index contributed by atoms with van der Waals surface area (Å²) in [5, 5.41) is 0.272. The van der Waals surface area contributed by atoms with Gasteiger partial charge in [0, 0.05) is 5.56 Å². The van der Waals surface area contributed by atoms with Crippen molar-refractivity contribution in [2.75, 3.05) is 18.6 Å². The number of carbonyl (C=O) groups excluding carboxylic acids is 4. The van der Waals surface area contributed by atoms with Crippen LogP contribution >= 0.6 is 11.3 Å². The number of ketones is 2. The van der Waals surface area contributed by atoms with Crippen molar-refractivity contribution in [2.45, 2.75) is 13.0 Å². The molecule has 2 heterocycles. The number of hydrogen-bond donors (Lipinski definition) is 0. The zero-order chi connectivity index (χ0) is 26.1. The summed E-state index contributed by atoms with van der Waals surface area (Å²) >= 11 is 1.17. The highest BCUT2D eigenvalue weighted by Gasteiger charge is 2.53. The largest absolute Gasteiger partial charge is 0.497 e. The molecule has 2 atom stereocenters. The van der Waals surface area contributed by atoms with E-state index in [0.717, 1.165) is 0 Å². The number of ether oxygens (including phenoxy) is 2. The van der Waals surface area contributed by atoms with Gasteiger partial charge in [0.25, 0.3) is 5.91 Å². The van der Waals surface area contributed by atoms with E-state index in [9.17, 15) is 19.2 Å². The number of hydrogen-bond acceptors (Lipinski definition) is 8. The summed E-state index contributed by atoms with van der Waals surface area (Å²) in [4.78, 5) is 58.4. The number of fused-ring (bicyclic) bond motifs is 1. The highest BCUT2D eigenvalue weighted by atomic mass is 32.1. The number of carbonyl (C=O) groups is 4. The van der Waals surface area contributed by atoms with Crippen LogP contribution in [0, 0.1) is 5.92 Å². The first-order valence-electron chi connectivity index (χ1n) is 11.6. The van der Waals surface area contributed by atoms with Gasteiger partial charge in [-0.25, -0.2) is 9.78 Å². The molecule has 3 aromatic carbocycles. The third-order valence-corrected chi connectivity index (χ3v) is 7.22. The van der Waals surface area contributed by atoms with Crippen LogP contribution in [-0.4, -0.2) is 42.1 Å². The Bertz CT molecular complexity index is 1510. The Balaban J connectivity index is 1.59. The van der Waals surface area contributed by atoms with Crippen molar-refractivity contribution in [3.63, 3.8) is 0 Å². The molecule has 0 radical (unpaired) electrons. The van der Waals surface area contributed by atoms with Gasteiger partial charge in [-0.1, -0.05) is 41.7 Å². The Hall–Kier alpha value is -4.37. The van der Waals surface area contributed by atoms with E-state index in [1.807, 2.05) is 6.07 Å². The fraction of sp³-hybridized carbons (Fsp3) is 0.179. The van der Waals surface area contributed by atoms with Gasteiger partial charge in [-0.15, -0.1) is 0 Å². The van der Waals surface area contributed by atoms with Gasteiger partial charge < -0.3 is 9.47 Å². The lowest BCUT2D eigenvalue weighted by molar-refractivity contribution is -0.135. The van der Waals surface area contributed by atoms with Crippen molar-refractivity contribution in [2.24, 2.45) is 5.92 Å². The molecule has 0 saturated carbocycles. The molecule has 37 heavy (non-hydrogen) atoms. The van der Waals surface area contributed by atoms with Gasteiger partial charge in [-0.3, -0.25) is 19.3 Å². The maximum Gasteiger partial charge on any atom is 0.338 e. The highest BCUT2D eigenvalue weighted by molar-refractivity contribution is 7.22. The summed E-state index contributed by atoms with van der Waals surface area (Å²) in [5.74, 6) is -3.18. The zero-order valence-corrected chi connectivity index (χ0v) is 20.9. The number of nitrogens with zero attached hydrogens (tertiary/aromatic N) is 2. The standard InChI is InChI=1S/C28H22N2O6S/c1-3-36-27(34)18-11-14-20-21(15-18)37-28(29-20)30-23(16-7-5-4-6-8-16)22(25(32)26(30)33)24(31)17-9-12-19(35-2)13-10-17/h4-15,22-23H,3H2,1-2H3. The predicted molar refractivity (Wildman–Crippen MR) is 138 cm³/mol. The minimum atomic E-state index is -1.24. The van der Waals surface area contributed by atoms with Gasteiger partial charge in [0.05, 0.1) is 35.5 Å². The molecule has 1 saturated heterocycles. The van der Waals surface area contributed by atoms with Crippen molar-refractivity contribution < 1.29 is 28.7 Å². The fourth-order valence-electron chi connectivity index (χ4n) is 4.42. The van der Waals surface area contributed by atoms with E-state index in [-0.39, 0.29) is 11.7 Å². The second-order valence-electron chi connectivity index (χ2n) is 8.36. The summed E-state index contributed by atoms with van der Waals surface area (Å²) in [6, 6.07) is 19.4. The Morgan fingerprint density at radius 3 is 2.35 bits per heavy atom. The van der Waals surface area contributed by atoms with Crippen molar-refractivity contribution in [3.8, 4) is 5.75 Å². The SMILES string of the molecule is CCOC(=O)c1ccc2nc(N3C(=O)C(=O)C(C(=O)c4ccc(OC)cc4)C3c3ccccc3)sc2c1. The Labute approximate surface area is 216 Å². The van der Waals surface area contributed by atoms with Gasteiger partial charge in [0.1, 0.15) is 11.7 Å².